The van der Waals surface area contributed by atoms with E-state index in [1.807, 2.05) is 0 Å². The molecule has 1 aromatic rings. The number of nitrogens with zero attached hydrogens (tertiary/aromatic N) is 3. The first-order chi connectivity index (χ1) is 10.2. The van der Waals surface area contributed by atoms with Crippen LogP contribution in [0.2, 0.25) is 0 Å². The summed E-state index contributed by atoms with van der Waals surface area (Å²) in [5.74, 6) is 0. The van der Waals surface area contributed by atoms with Crippen LogP contribution in [0.5, 0.6) is 0 Å². The van der Waals surface area contributed by atoms with Crippen molar-refractivity contribution in [2.24, 2.45) is 5.73 Å². The van der Waals surface area contributed by atoms with Gasteiger partial charge in [0.2, 0.25) is 0 Å². The Morgan fingerprint density at radius 1 is 1.43 bits per heavy atom. The third-order valence-electron chi connectivity index (χ3n) is 5.16. The molecule has 2 heterocycles. The molecule has 4 heteroatoms. The quantitative estimate of drug-likeness (QED) is 0.866. The Morgan fingerprint density at radius 3 is 2.86 bits per heavy atom. The average Bonchev–Trinajstić information content (AvgIpc) is 3.25. The molecule has 2 fully saturated rings. The second-order valence-electron chi connectivity index (χ2n) is 6.66. The molecule has 1 aliphatic carbocycles. The molecule has 1 atom stereocenters. The van der Waals surface area contributed by atoms with Gasteiger partial charge in [0, 0.05) is 43.5 Å². The van der Waals surface area contributed by atoms with Crippen molar-refractivity contribution in [3.63, 3.8) is 0 Å². The summed E-state index contributed by atoms with van der Waals surface area (Å²) in [6.45, 7) is 9.33. The third kappa shape index (κ3) is 3.12. The molecule has 0 spiro atoms. The zero-order chi connectivity index (χ0) is 14.9. The van der Waals surface area contributed by atoms with Gasteiger partial charge in [-0.15, -0.1) is 0 Å². The predicted molar refractivity (Wildman–Crippen MR) is 86.1 cm³/mol. The summed E-state index contributed by atoms with van der Waals surface area (Å²) in [4.78, 5) is 9.87. The van der Waals surface area contributed by atoms with Gasteiger partial charge in [-0.25, -0.2) is 0 Å². The summed E-state index contributed by atoms with van der Waals surface area (Å²) in [5.41, 5.74) is 8.62. The van der Waals surface area contributed by atoms with Gasteiger partial charge < -0.3 is 5.73 Å². The Kier molecular flexibility index (Phi) is 4.29. The van der Waals surface area contributed by atoms with Crippen molar-refractivity contribution in [2.45, 2.75) is 51.2 Å². The number of aromatic nitrogens is 1. The minimum absolute atomic E-state index is 0.142. The lowest BCUT2D eigenvalue weighted by Gasteiger charge is -2.40. The maximum Gasteiger partial charge on any atom is 0.0547 e. The van der Waals surface area contributed by atoms with Crippen molar-refractivity contribution in [3.05, 3.63) is 29.6 Å². The number of hydrogen-bond donors (Lipinski definition) is 1. The number of aryl methyl sites for hydroxylation is 1. The number of rotatable bonds is 6. The maximum atomic E-state index is 6.22. The van der Waals surface area contributed by atoms with Crippen molar-refractivity contribution in [1.29, 1.82) is 0 Å². The monoisotopic (exact) mass is 288 g/mol. The molecular weight excluding hydrogens is 260 g/mol. The zero-order valence-electron chi connectivity index (χ0n) is 13.4. The molecule has 1 aromatic heterocycles. The van der Waals surface area contributed by atoms with Crippen LogP contribution in [-0.4, -0.2) is 52.5 Å². The van der Waals surface area contributed by atoms with Crippen molar-refractivity contribution in [3.8, 4) is 0 Å². The van der Waals surface area contributed by atoms with Gasteiger partial charge in [-0.2, -0.15) is 0 Å². The molecule has 21 heavy (non-hydrogen) atoms. The fourth-order valence-corrected chi connectivity index (χ4v) is 3.69. The van der Waals surface area contributed by atoms with E-state index in [0.29, 0.717) is 0 Å². The molecule has 116 valence electrons. The molecule has 0 radical (unpaired) electrons. The molecule has 0 aromatic carbocycles. The van der Waals surface area contributed by atoms with Crippen LogP contribution in [0.15, 0.2) is 18.2 Å². The van der Waals surface area contributed by atoms with Crippen LogP contribution in [0.4, 0.5) is 0 Å². The topological polar surface area (TPSA) is 45.4 Å². The highest BCUT2D eigenvalue weighted by Crippen LogP contribution is 2.36. The molecule has 2 aliphatic rings. The van der Waals surface area contributed by atoms with E-state index >= 15 is 0 Å². The lowest BCUT2D eigenvalue weighted by Crippen LogP contribution is -2.55. The van der Waals surface area contributed by atoms with Crippen molar-refractivity contribution in [2.75, 3.05) is 26.2 Å². The van der Waals surface area contributed by atoms with Gasteiger partial charge in [0.1, 0.15) is 0 Å². The van der Waals surface area contributed by atoms with Crippen LogP contribution in [0.25, 0.3) is 0 Å². The zero-order valence-corrected chi connectivity index (χ0v) is 13.4. The molecule has 1 saturated carbocycles. The Balaban J connectivity index is 1.74. The largest absolute Gasteiger partial charge is 0.329 e. The van der Waals surface area contributed by atoms with Gasteiger partial charge in [0.25, 0.3) is 0 Å². The van der Waals surface area contributed by atoms with E-state index in [2.05, 4.69) is 46.8 Å². The van der Waals surface area contributed by atoms with Crippen LogP contribution in [0.1, 0.15) is 37.6 Å². The molecule has 1 unspecified atom stereocenters. The summed E-state index contributed by atoms with van der Waals surface area (Å²) in [6, 6.07) is 7.14. The van der Waals surface area contributed by atoms with E-state index in [1.165, 1.54) is 25.8 Å². The number of likely N-dealkylation sites (tertiary alicyclic amines) is 1. The standard InChI is InChI=1S/C17H28N4/c1-3-21(11-15-6-4-5-14(2)19-15)17(12-18)9-10-20(13-17)16-7-8-16/h4-6,16H,3,7-13,18H2,1-2H3. The maximum absolute atomic E-state index is 6.22. The van der Waals surface area contributed by atoms with E-state index in [9.17, 15) is 0 Å². The molecule has 4 nitrogen and oxygen atoms in total. The minimum Gasteiger partial charge on any atom is -0.329 e. The molecular formula is C17H28N4. The van der Waals surface area contributed by atoms with E-state index in [1.54, 1.807) is 0 Å². The van der Waals surface area contributed by atoms with Crippen molar-refractivity contribution in [1.82, 2.24) is 14.8 Å². The highest BCUT2D eigenvalue weighted by molar-refractivity contribution is 5.12. The average molecular weight is 288 g/mol. The Bertz CT molecular complexity index is 485. The third-order valence-corrected chi connectivity index (χ3v) is 5.16. The van der Waals surface area contributed by atoms with Gasteiger partial charge >= 0.3 is 0 Å². The lowest BCUT2D eigenvalue weighted by atomic mass is 9.95. The van der Waals surface area contributed by atoms with E-state index < -0.39 is 0 Å². The first-order valence-corrected chi connectivity index (χ1v) is 8.28. The van der Waals surface area contributed by atoms with E-state index in [-0.39, 0.29) is 5.54 Å². The smallest absolute Gasteiger partial charge is 0.0547 e. The number of nitrogens with two attached hydrogens (primary N) is 1. The second-order valence-corrected chi connectivity index (χ2v) is 6.66. The SMILES string of the molecule is CCN(Cc1cccc(C)n1)C1(CN)CCN(C2CC2)C1. The first kappa shape index (κ1) is 14.9. The Hall–Kier alpha value is -0.970. The summed E-state index contributed by atoms with van der Waals surface area (Å²) in [6.07, 6.45) is 3.96. The molecule has 2 N–H and O–H groups in total. The summed E-state index contributed by atoms with van der Waals surface area (Å²) in [7, 11) is 0. The van der Waals surface area contributed by atoms with E-state index in [0.717, 1.165) is 43.6 Å². The molecule has 1 aliphatic heterocycles. The lowest BCUT2D eigenvalue weighted by molar-refractivity contribution is 0.0940. The highest BCUT2D eigenvalue weighted by Gasteiger charge is 2.45. The van der Waals surface area contributed by atoms with Gasteiger partial charge in [0.05, 0.1) is 5.69 Å². The predicted octanol–water partition coefficient (Wildman–Crippen LogP) is 1.78. The molecule has 1 saturated heterocycles. The second kappa shape index (κ2) is 6.03. The number of pyridine rings is 1. The van der Waals surface area contributed by atoms with Gasteiger partial charge in [-0.1, -0.05) is 13.0 Å². The van der Waals surface area contributed by atoms with Crippen LogP contribution < -0.4 is 5.73 Å². The number of likely N-dealkylation sites (N-methyl/N-ethyl adjacent to an activating group) is 1. The highest BCUT2D eigenvalue weighted by atomic mass is 15.3. The van der Waals surface area contributed by atoms with Gasteiger partial charge in [-0.05, 0) is 44.9 Å². The van der Waals surface area contributed by atoms with Crippen molar-refractivity contribution < 1.29 is 0 Å². The molecule has 3 rings (SSSR count). The van der Waals surface area contributed by atoms with Crippen molar-refractivity contribution >= 4 is 0 Å². The minimum atomic E-state index is 0.142. The normalized spacial score (nSPS) is 26.7. The summed E-state index contributed by atoms with van der Waals surface area (Å²) in [5, 5.41) is 0. The summed E-state index contributed by atoms with van der Waals surface area (Å²) >= 11 is 0. The summed E-state index contributed by atoms with van der Waals surface area (Å²) < 4.78 is 0. The first-order valence-electron chi connectivity index (χ1n) is 8.28. The molecule has 0 amide bonds. The van der Waals surface area contributed by atoms with E-state index in [4.69, 9.17) is 5.73 Å². The fourth-order valence-electron chi connectivity index (χ4n) is 3.69. The molecule has 0 bridgehead atoms. The van der Waals surface area contributed by atoms with Crippen LogP contribution in [0, 0.1) is 6.92 Å². The van der Waals surface area contributed by atoms with Crippen LogP contribution in [-0.2, 0) is 6.54 Å². The Labute approximate surface area is 128 Å². The fraction of sp³-hybridized carbons (Fsp3) is 0.706. The Morgan fingerprint density at radius 2 is 2.24 bits per heavy atom. The number of hydrogen-bond acceptors (Lipinski definition) is 4. The van der Waals surface area contributed by atoms with Gasteiger partial charge in [0.15, 0.2) is 0 Å². The van der Waals surface area contributed by atoms with Crippen LogP contribution >= 0.6 is 0 Å². The van der Waals surface area contributed by atoms with Gasteiger partial charge in [-0.3, -0.25) is 14.8 Å². The van der Waals surface area contributed by atoms with Crippen LogP contribution in [0.3, 0.4) is 0 Å².